The number of aromatic nitrogens is 3. The Morgan fingerprint density at radius 2 is 1.81 bits per heavy atom. The Morgan fingerprint density at radius 3 is 2.44 bits per heavy atom. The molecule has 0 spiro atoms. The molecule has 1 N–H and O–H groups in total. The van der Waals surface area contributed by atoms with Crippen molar-refractivity contribution >= 4 is 35.0 Å². The maximum Gasteiger partial charge on any atom is 0.258 e. The molecule has 0 fully saturated rings. The molecule has 0 saturated heterocycles. The zero-order valence-corrected chi connectivity index (χ0v) is 15.8. The standard InChI is InChI=1S/C19H19N5O2S/c1-23-13-20-22-19(23)27-12-17(25)21-15-10-8-14(9-11-15)18(26)24(2)16-6-4-3-5-7-16/h3-11,13H,12H2,1-2H3,(H,21,25). The van der Waals surface area contributed by atoms with Crippen LogP contribution in [0.1, 0.15) is 10.4 Å². The van der Waals surface area contributed by atoms with Crippen molar-refractivity contribution in [3.63, 3.8) is 0 Å². The average molecular weight is 381 g/mol. The van der Waals surface area contributed by atoms with E-state index in [4.69, 9.17) is 0 Å². The summed E-state index contributed by atoms with van der Waals surface area (Å²) >= 11 is 1.31. The van der Waals surface area contributed by atoms with Crippen molar-refractivity contribution in [1.82, 2.24) is 14.8 Å². The molecule has 2 aromatic carbocycles. The molecule has 0 aliphatic rings. The lowest BCUT2D eigenvalue weighted by Crippen LogP contribution is -2.26. The molecule has 1 heterocycles. The van der Waals surface area contributed by atoms with Gasteiger partial charge in [0.1, 0.15) is 6.33 Å². The molecule has 0 atom stereocenters. The van der Waals surface area contributed by atoms with Crippen LogP contribution in [0.4, 0.5) is 11.4 Å². The molecule has 0 unspecified atom stereocenters. The van der Waals surface area contributed by atoms with E-state index in [-0.39, 0.29) is 17.6 Å². The summed E-state index contributed by atoms with van der Waals surface area (Å²) in [5, 5.41) is 11.2. The fourth-order valence-electron chi connectivity index (χ4n) is 2.39. The number of carbonyl (C=O) groups excluding carboxylic acids is 2. The van der Waals surface area contributed by atoms with Crippen molar-refractivity contribution in [3.8, 4) is 0 Å². The maximum atomic E-state index is 12.6. The molecule has 0 aliphatic carbocycles. The van der Waals surface area contributed by atoms with Gasteiger partial charge in [0.25, 0.3) is 5.91 Å². The molecule has 0 aliphatic heterocycles. The molecule has 3 rings (SSSR count). The number of thioether (sulfide) groups is 1. The first-order valence-corrected chi connectivity index (χ1v) is 9.23. The van der Waals surface area contributed by atoms with Crippen molar-refractivity contribution in [2.45, 2.75) is 5.16 Å². The minimum atomic E-state index is -0.150. The number of amides is 2. The quantitative estimate of drug-likeness (QED) is 0.664. The second-order valence-electron chi connectivity index (χ2n) is 5.84. The van der Waals surface area contributed by atoms with Gasteiger partial charge in [0, 0.05) is 31.0 Å². The molecule has 8 heteroatoms. The van der Waals surface area contributed by atoms with E-state index in [1.165, 1.54) is 11.8 Å². The van der Waals surface area contributed by atoms with Gasteiger partial charge in [-0.25, -0.2) is 0 Å². The number of anilines is 2. The molecule has 7 nitrogen and oxygen atoms in total. The molecular formula is C19H19N5O2S. The lowest BCUT2D eigenvalue weighted by Gasteiger charge is -2.17. The summed E-state index contributed by atoms with van der Waals surface area (Å²) in [5.41, 5.74) is 2.01. The Balaban J connectivity index is 1.57. The topological polar surface area (TPSA) is 80.1 Å². The molecule has 0 bridgehead atoms. The Labute approximate surface area is 161 Å². The third-order valence-electron chi connectivity index (χ3n) is 3.87. The Kier molecular flexibility index (Phi) is 5.87. The van der Waals surface area contributed by atoms with E-state index in [1.54, 1.807) is 47.1 Å². The lowest BCUT2D eigenvalue weighted by atomic mass is 10.1. The summed E-state index contributed by atoms with van der Waals surface area (Å²) in [6.45, 7) is 0. The minimum absolute atomic E-state index is 0.114. The first-order valence-electron chi connectivity index (χ1n) is 8.24. The van der Waals surface area contributed by atoms with Crippen molar-refractivity contribution < 1.29 is 9.59 Å². The van der Waals surface area contributed by atoms with Crippen LogP contribution in [0.5, 0.6) is 0 Å². The zero-order chi connectivity index (χ0) is 19.2. The third kappa shape index (κ3) is 4.73. The predicted octanol–water partition coefficient (Wildman–Crippen LogP) is 2.82. The SMILES string of the molecule is CN(C(=O)c1ccc(NC(=O)CSc2nncn2C)cc1)c1ccccc1. The Bertz CT molecular complexity index is 925. The Morgan fingerprint density at radius 1 is 1.11 bits per heavy atom. The fourth-order valence-corrected chi connectivity index (χ4v) is 3.08. The van der Waals surface area contributed by atoms with Crippen molar-refractivity contribution in [3.05, 3.63) is 66.5 Å². The molecular weight excluding hydrogens is 362 g/mol. The van der Waals surface area contributed by atoms with Gasteiger partial charge in [0.05, 0.1) is 5.75 Å². The van der Waals surface area contributed by atoms with Gasteiger partial charge in [-0.15, -0.1) is 10.2 Å². The number of nitrogens with one attached hydrogen (secondary N) is 1. The van der Waals surface area contributed by atoms with E-state index in [0.29, 0.717) is 16.4 Å². The number of nitrogens with zero attached hydrogens (tertiary/aromatic N) is 4. The van der Waals surface area contributed by atoms with Gasteiger partial charge in [0.2, 0.25) is 5.91 Å². The van der Waals surface area contributed by atoms with E-state index in [9.17, 15) is 9.59 Å². The minimum Gasteiger partial charge on any atom is -0.325 e. The van der Waals surface area contributed by atoms with Crippen molar-refractivity contribution in [2.75, 3.05) is 23.0 Å². The second-order valence-corrected chi connectivity index (χ2v) is 6.78. The highest BCUT2D eigenvalue weighted by Gasteiger charge is 2.13. The highest BCUT2D eigenvalue weighted by atomic mass is 32.2. The first kappa shape index (κ1) is 18.7. The number of hydrogen-bond acceptors (Lipinski definition) is 5. The predicted molar refractivity (Wildman–Crippen MR) is 106 cm³/mol. The number of para-hydroxylation sites is 1. The van der Waals surface area contributed by atoms with Crippen LogP contribution < -0.4 is 10.2 Å². The first-order chi connectivity index (χ1) is 13.0. The van der Waals surface area contributed by atoms with Crippen molar-refractivity contribution in [1.29, 1.82) is 0 Å². The summed E-state index contributed by atoms with van der Waals surface area (Å²) in [5.74, 6) is -0.0374. The summed E-state index contributed by atoms with van der Waals surface area (Å²) in [4.78, 5) is 26.2. The Hall–Kier alpha value is -3.13. The molecule has 0 saturated carbocycles. The fraction of sp³-hybridized carbons (Fsp3) is 0.158. The molecule has 27 heavy (non-hydrogen) atoms. The molecule has 2 amide bonds. The van der Waals surface area contributed by atoms with E-state index < -0.39 is 0 Å². The van der Waals surface area contributed by atoms with Crippen LogP contribution in [0, 0.1) is 0 Å². The van der Waals surface area contributed by atoms with E-state index in [2.05, 4.69) is 15.5 Å². The third-order valence-corrected chi connectivity index (χ3v) is 4.90. The normalized spacial score (nSPS) is 10.4. The van der Waals surface area contributed by atoms with E-state index in [0.717, 1.165) is 5.69 Å². The molecule has 3 aromatic rings. The smallest absolute Gasteiger partial charge is 0.258 e. The molecule has 138 valence electrons. The average Bonchev–Trinajstić information content (AvgIpc) is 3.11. The van der Waals surface area contributed by atoms with Crippen LogP contribution in [0.25, 0.3) is 0 Å². The number of benzene rings is 2. The van der Waals surface area contributed by atoms with Crippen LogP contribution >= 0.6 is 11.8 Å². The van der Waals surface area contributed by atoms with Gasteiger partial charge in [0.15, 0.2) is 5.16 Å². The second kappa shape index (κ2) is 8.50. The summed E-state index contributed by atoms with van der Waals surface area (Å²) in [7, 11) is 3.56. The van der Waals surface area contributed by atoms with Gasteiger partial charge >= 0.3 is 0 Å². The number of rotatable bonds is 6. The zero-order valence-electron chi connectivity index (χ0n) is 15.0. The highest BCUT2D eigenvalue weighted by molar-refractivity contribution is 7.99. The van der Waals surface area contributed by atoms with Crippen LogP contribution in [0.2, 0.25) is 0 Å². The van der Waals surface area contributed by atoms with Gasteiger partial charge in [-0.05, 0) is 36.4 Å². The van der Waals surface area contributed by atoms with Crippen molar-refractivity contribution in [2.24, 2.45) is 7.05 Å². The van der Waals surface area contributed by atoms with E-state index >= 15 is 0 Å². The van der Waals surface area contributed by atoms with Crippen LogP contribution in [-0.2, 0) is 11.8 Å². The van der Waals surface area contributed by atoms with Crippen LogP contribution in [0.15, 0.2) is 66.1 Å². The molecule has 0 radical (unpaired) electrons. The summed E-state index contributed by atoms with van der Waals surface area (Å²) in [6.07, 6.45) is 1.59. The highest BCUT2D eigenvalue weighted by Crippen LogP contribution is 2.18. The maximum absolute atomic E-state index is 12.6. The number of hydrogen-bond donors (Lipinski definition) is 1. The number of carbonyl (C=O) groups is 2. The summed E-state index contributed by atoms with van der Waals surface area (Å²) < 4.78 is 1.75. The number of aryl methyl sites for hydroxylation is 1. The van der Waals surface area contributed by atoms with Gasteiger partial charge in [-0.2, -0.15) is 0 Å². The largest absolute Gasteiger partial charge is 0.325 e. The van der Waals surface area contributed by atoms with Gasteiger partial charge < -0.3 is 14.8 Å². The monoisotopic (exact) mass is 381 g/mol. The lowest BCUT2D eigenvalue weighted by molar-refractivity contribution is -0.113. The summed E-state index contributed by atoms with van der Waals surface area (Å²) in [6, 6.07) is 16.3. The van der Waals surface area contributed by atoms with Crippen LogP contribution in [-0.4, -0.2) is 39.4 Å². The van der Waals surface area contributed by atoms with Crippen LogP contribution in [0.3, 0.4) is 0 Å². The van der Waals surface area contributed by atoms with E-state index in [1.807, 2.05) is 37.4 Å². The van der Waals surface area contributed by atoms with Gasteiger partial charge in [-0.3, -0.25) is 9.59 Å². The molecule has 1 aromatic heterocycles. The van der Waals surface area contributed by atoms with Gasteiger partial charge in [-0.1, -0.05) is 30.0 Å².